The van der Waals surface area contributed by atoms with Crippen LogP contribution in [0.5, 0.6) is 0 Å². The minimum atomic E-state index is -1.48. The molecule has 9 heteroatoms. The summed E-state index contributed by atoms with van der Waals surface area (Å²) in [5.41, 5.74) is -2.16. The van der Waals surface area contributed by atoms with Crippen LogP contribution in [0.2, 0.25) is 51.4 Å². The van der Waals surface area contributed by atoms with Gasteiger partial charge in [0.05, 0.1) is 17.4 Å². The van der Waals surface area contributed by atoms with Crippen molar-refractivity contribution in [1.29, 1.82) is 0 Å². The Morgan fingerprint density at radius 3 is 2.09 bits per heavy atom. The number of ether oxygens (including phenoxy) is 3. The van der Waals surface area contributed by atoms with Gasteiger partial charge < -0.3 is 14.2 Å². The highest BCUT2D eigenvalue weighted by Crippen LogP contribution is 2.47. The van der Waals surface area contributed by atoms with E-state index in [1.54, 1.807) is 20.8 Å². The SMILES string of the molecule is CC1CCC(=O)OC1(C)C1C(=O)OC(=O)C1CC(C)(C)C(=O)OC(C[Si](C)(C)C)C[Si](C)(C)C. The zero-order valence-electron chi connectivity index (χ0n) is 22.7. The zero-order valence-corrected chi connectivity index (χ0v) is 24.7. The van der Waals surface area contributed by atoms with E-state index in [0.29, 0.717) is 6.42 Å². The van der Waals surface area contributed by atoms with Crippen molar-refractivity contribution in [2.75, 3.05) is 0 Å². The molecule has 0 saturated carbocycles. The first kappa shape index (κ1) is 28.7. The van der Waals surface area contributed by atoms with Crippen LogP contribution in [0.15, 0.2) is 0 Å². The summed E-state index contributed by atoms with van der Waals surface area (Å²) in [5, 5.41) is 0. The Morgan fingerprint density at radius 1 is 1.06 bits per heavy atom. The first-order valence-corrected chi connectivity index (χ1v) is 19.8. The largest absolute Gasteiger partial charge is 0.463 e. The molecule has 0 aromatic heterocycles. The topological polar surface area (TPSA) is 96.0 Å². The summed E-state index contributed by atoms with van der Waals surface area (Å²) in [6.45, 7) is 20.7. The number of rotatable bonds is 9. The number of cyclic esters (lactones) is 3. The molecule has 0 aromatic rings. The van der Waals surface area contributed by atoms with Gasteiger partial charge in [0.2, 0.25) is 0 Å². The quantitative estimate of drug-likeness (QED) is 0.185. The summed E-state index contributed by atoms with van der Waals surface area (Å²) in [6.07, 6.45) is 0.799. The second kappa shape index (κ2) is 9.87. The minimum Gasteiger partial charge on any atom is -0.463 e. The van der Waals surface area contributed by atoms with Crippen LogP contribution in [0.25, 0.3) is 0 Å². The summed E-state index contributed by atoms with van der Waals surface area (Å²) in [7, 11) is -2.96. The lowest BCUT2D eigenvalue weighted by atomic mass is 9.67. The second-order valence-corrected chi connectivity index (χ2v) is 24.6. The monoisotopic (exact) mass is 512 g/mol. The molecule has 34 heavy (non-hydrogen) atoms. The standard InChI is InChI=1S/C25H44O7Si2/c1-16-11-12-19(26)32-25(16,4)20-18(21(27)31-22(20)28)13-24(2,3)23(29)30-17(14-33(5,6)7)15-34(8,9)10/h16-18,20H,11-15H2,1-10H3. The van der Waals surface area contributed by atoms with Crippen LogP contribution in [0, 0.1) is 23.2 Å². The maximum atomic E-state index is 13.4. The Balaban J connectivity index is 2.26. The average molecular weight is 513 g/mol. The number of carbonyl (C=O) groups is 4. The fourth-order valence-corrected chi connectivity index (χ4v) is 8.70. The smallest absolute Gasteiger partial charge is 0.321 e. The molecule has 0 N–H and O–H groups in total. The highest BCUT2D eigenvalue weighted by molar-refractivity contribution is 6.78. The van der Waals surface area contributed by atoms with Crippen molar-refractivity contribution < 1.29 is 33.4 Å². The van der Waals surface area contributed by atoms with Crippen LogP contribution in [0.3, 0.4) is 0 Å². The lowest BCUT2D eigenvalue weighted by molar-refractivity contribution is -0.188. The molecule has 0 bridgehead atoms. The van der Waals surface area contributed by atoms with Gasteiger partial charge in [-0.05, 0) is 51.6 Å². The van der Waals surface area contributed by atoms with E-state index in [4.69, 9.17) is 14.2 Å². The third-order valence-electron chi connectivity index (χ3n) is 7.11. The van der Waals surface area contributed by atoms with Gasteiger partial charge in [-0.1, -0.05) is 46.2 Å². The van der Waals surface area contributed by atoms with E-state index in [9.17, 15) is 19.2 Å². The molecule has 0 radical (unpaired) electrons. The summed E-state index contributed by atoms with van der Waals surface area (Å²) < 4.78 is 16.8. The van der Waals surface area contributed by atoms with Gasteiger partial charge in [0.25, 0.3) is 0 Å². The Kier molecular flexibility index (Phi) is 8.35. The second-order valence-electron chi connectivity index (χ2n) is 13.6. The van der Waals surface area contributed by atoms with Crippen LogP contribution < -0.4 is 0 Å². The molecule has 4 atom stereocenters. The van der Waals surface area contributed by atoms with E-state index in [1.165, 1.54) is 0 Å². The minimum absolute atomic E-state index is 0.0908. The Labute approximate surface area is 206 Å². The lowest BCUT2D eigenvalue weighted by Crippen LogP contribution is -2.53. The molecule has 2 heterocycles. The predicted molar refractivity (Wildman–Crippen MR) is 136 cm³/mol. The van der Waals surface area contributed by atoms with Crippen molar-refractivity contribution in [3.8, 4) is 0 Å². The number of carbonyl (C=O) groups excluding carboxylic acids is 4. The van der Waals surface area contributed by atoms with E-state index in [2.05, 4.69) is 39.3 Å². The normalized spacial score (nSPS) is 28.7. The van der Waals surface area contributed by atoms with E-state index < -0.39 is 50.9 Å². The van der Waals surface area contributed by atoms with Crippen molar-refractivity contribution >= 4 is 40.0 Å². The fourth-order valence-electron chi connectivity index (χ4n) is 5.23. The maximum absolute atomic E-state index is 13.4. The first-order chi connectivity index (χ1) is 15.2. The Bertz CT molecular complexity index is 808. The number of esters is 4. The molecule has 7 nitrogen and oxygen atoms in total. The zero-order chi connectivity index (χ0) is 26.3. The molecule has 2 fully saturated rings. The highest BCUT2D eigenvalue weighted by atomic mass is 28.3. The summed E-state index contributed by atoms with van der Waals surface area (Å²) in [4.78, 5) is 51.0. The van der Waals surface area contributed by atoms with Gasteiger partial charge in [0.15, 0.2) is 0 Å². The fraction of sp³-hybridized carbons (Fsp3) is 0.840. The molecule has 2 aliphatic rings. The highest BCUT2D eigenvalue weighted by Gasteiger charge is 2.60. The molecule has 2 saturated heterocycles. The molecule has 2 aliphatic heterocycles. The van der Waals surface area contributed by atoms with Crippen LogP contribution in [-0.4, -0.2) is 51.7 Å². The lowest BCUT2D eigenvalue weighted by Gasteiger charge is -2.43. The van der Waals surface area contributed by atoms with Gasteiger partial charge in [-0.3, -0.25) is 19.2 Å². The van der Waals surface area contributed by atoms with Crippen molar-refractivity contribution in [3.05, 3.63) is 0 Å². The summed E-state index contributed by atoms with van der Waals surface area (Å²) in [6, 6.07) is 1.77. The van der Waals surface area contributed by atoms with Crippen molar-refractivity contribution in [1.82, 2.24) is 0 Å². The van der Waals surface area contributed by atoms with Crippen LogP contribution >= 0.6 is 0 Å². The van der Waals surface area contributed by atoms with Gasteiger partial charge in [-0.25, -0.2) is 0 Å². The van der Waals surface area contributed by atoms with Gasteiger partial charge in [-0.15, -0.1) is 0 Å². The molecular weight excluding hydrogens is 468 g/mol. The Morgan fingerprint density at radius 2 is 1.59 bits per heavy atom. The van der Waals surface area contributed by atoms with Gasteiger partial charge in [-0.2, -0.15) is 0 Å². The third kappa shape index (κ3) is 7.02. The van der Waals surface area contributed by atoms with E-state index in [-0.39, 0.29) is 36.8 Å². The van der Waals surface area contributed by atoms with Crippen LogP contribution in [0.4, 0.5) is 0 Å². The van der Waals surface area contributed by atoms with Gasteiger partial charge in [0.1, 0.15) is 11.5 Å². The van der Waals surface area contributed by atoms with E-state index in [0.717, 1.165) is 12.1 Å². The molecule has 2 rings (SSSR count). The first-order valence-electron chi connectivity index (χ1n) is 12.4. The number of hydrogen-bond donors (Lipinski definition) is 0. The van der Waals surface area contributed by atoms with Crippen molar-refractivity contribution in [2.45, 2.75) is 110 Å². The molecule has 0 amide bonds. The molecule has 4 unspecified atom stereocenters. The van der Waals surface area contributed by atoms with Crippen molar-refractivity contribution in [2.24, 2.45) is 23.2 Å². The van der Waals surface area contributed by atoms with Crippen LogP contribution in [-0.2, 0) is 33.4 Å². The molecule has 194 valence electrons. The molecule has 0 aliphatic carbocycles. The van der Waals surface area contributed by atoms with E-state index >= 15 is 0 Å². The van der Waals surface area contributed by atoms with Gasteiger partial charge >= 0.3 is 23.9 Å². The molecule has 0 spiro atoms. The van der Waals surface area contributed by atoms with Gasteiger partial charge in [0, 0.05) is 22.6 Å². The third-order valence-corrected chi connectivity index (χ3v) is 10.5. The summed E-state index contributed by atoms with van der Waals surface area (Å²) >= 11 is 0. The number of hydrogen-bond acceptors (Lipinski definition) is 7. The molecular formula is C25H44O7Si2. The average Bonchev–Trinajstić information content (AvgIpc) is 2.88. The van der Waals surface area contributed by atoms with Crippen LogP contribution in [0.1, 0.15) is 47.0 Å². The van der Waals surface area contributed by atoms with Crippen molar-refractivity contribution in [3.63, 3.8) is 0 Å². The predicted octanol–water partition coefficient (Wildman–Crippen LogP) is 5.04. The Hall–Kier alpha value is -1.49. The van der Waals surface area contributed by atoms with E-state index in [1.807, 2.05) is 6.92 Å². The molecule has 0 aromatic carbocycles. The maximum Gasteiger partial charge on any atom is 0.321 e. The summed E-state index contributed by atoms with van der Waals surface area (Å²) in [5.74, 6) is -4.02.